The third-order valence-corrected chi connectivity index (χ3v) is 5.17. The summed E-state index contributed by atoms with van der Waals surface area (Å²) in [4.78, 5) is 25.0. The van der Waals surface area contributed by atoms with Crippen molar-refractivity contribution in [2.24, 2.45) is 0 Å². The van der Waals surface area contributed by atoms with Gasteiger partial charge in [0.25, 0.3) is 5.56 Å². The predicted molar refractivity (Wildman–Crippen MR) is 91.3 cm³/mol. The van der Waals surface area contributed by atoms with E-state index in [1.807, 2.05) is 0 Å². The molecule has 2 aliphatic rings. The number of rotatable bonds is 4. The van der Waals surface area contributed by atoms with Crippen LogP contribution in [0.2, 0.25) is 0 Å². The number of nitrogens with zero attached hydrogens (tertiary/aromatic N) is 1. The number of phosphoric ester groups is 1. The molecule has 3 heterocycles. The van der Waals surface area contributed by atoms with Crippen molar-refractivity contribution in [3.63, 3.8) is 0 Å². The van der Waals surface area contributed by atoms with Gasteiger partial charge in [-0.15, -0.1) is 0 Å². The maximum absolute atomic E-state index is 15.5. The van der Waals surface area contributed by atoms with E-state index in [2.05, 4.69) is 4.52 Å². The fourth-order valence-corrected chi connectivity index (χ4v) is 3.80. The first-order chi connectivity index (χ1) is 14.8. The fraction of sp³-hybridized carbons (Fsp3) is 0.375. The Kier molecular flexibility index (Phi) is 4.05. The molecular weight excluding hydrogens is 417 g/mol. The quantitative estimate of drug-likeness (QED) is 0.689. The minimum atomic E-state index is -4.80. The summed E-state index contributed by atoms with van der Waals surface area (Å²) in [5.74, 6) is -4.40. The van der Waals surface area contributed by atoms with Crippen LogP contribution < -0.4 is 15.8 Å². The van der Waals surface area contributed by atoms with Gasteiger partial charge >= 0.3 is 13.5 Å². The lowest BCUT2D eigenvalue weighted by molar-refractivity contribution is -0.179. The first-order valence-corrected chi connectivity index (χ1v) is 9.56. The third kappa shape index (κ3) is 4.02. The number of benzene rings is 1. The number of hydrogen-bond donors (Lipinski definition) is 2. The van der Waals surface area contributed by atoms with E-state index in [9.17, 15) is 23.7 Å². The summed E-state index contributed by atoms with van der Waals surface area (Å²) in [6.45, 7) is -4.13. The van der Waals surface area contributed by atoms with Gasteiger partial charge in [0.1, 0.15) is 24.2 Å². The molecule has 0 aliphatic carbocycles. The number of halogens is 2. The number of H-pyrrole nitrogens is 1. The van der Waals surface area contributed by atoms with Gasteiger partial charge in [-0.2, -0.15) is 0 Å². The van der Waals surface area contributed by atoms with Crippen LogP contribution in [0.4, 0.5) is 8.78 Å². The molecule has 29 heavy (non-hydrogen) atoms. The maximum Gasteiger partial charge on any atom is 0.530 e. The SMILES string of the molecule is [2H]C([2H])(OP1(=O)OCc2cc(F)ccc2O1)[C@]1(F)C[C@@H](O)[C@]([2H])(n2ccc(=O)[nH]c2=O)O1. The van der Waals surface area contributed by atoms with E-state index in [-0.39, 0.29) is 11.3 Å². The van der Waals surface area contributed by atoms with Crippen LogP contribution in [0.25, 0.3) is 0 Å². The zero-order valence-corrected chi connectivity index (χ0v) is 15.2. The first-order valence-electron chi connectivity index (χ1n) is 9.60. The van der Waals surface area contributed by atoms with Crippen LogP contribution in [0.15, 0.2) is 40.1 Å². The lowest BCUT2D eigenvalue weighted by Gasteiger charge is -2.27. The number of ether oxygens (including phenoxy) is 1. The van der Waals surface area contributed by atoms with Gasteiger partial charge in [0.05, 0.1) is 10.7 Å². The largest absolute Gasteiger partial charge is 0.530 e. The molecule has 156 valence electrons. The number of aliphatic hydroxyl groups is 1. The highest BCUT2D eigenvalue weighted by Crippen LogP contribution is 2.55. The Labute approximate surface area is 165 Å². The molecule has 1 unspecified atom stereocenters. The number of aromatic amines is 1. The van der Waals surface area contributed by atoms with Crippen molar-refractivity contribution in [2.45, 2.75) is 31.2 Å². The minimum Gasteiger partial charge on any atom is -0.404 e. The van der Waals surface area contributed by atoms with E-state index in [4.69, 9.17) is 17.9 Å². The molecule has 2 aromatic rings. The normalized spacial score (nSPS) is 35.8. The molecule has 0 spiro atoms. The number of nitrogens with one attached hydrogen (secondary N) is 1. The van der Waals surface area contributed by atoms with Crippen molar-refractivity contribution in [3.8, 4) is 5.75 Å². The van der Waals surface area contributed by atoms with Gasteiger partial charge in [-0.25, -0.2) is 18.1 Å². The highest BCUT2D eigenvalue weighted by Gasteiger charge is 2.50. The summed E-state index contributed by atoms with van der Waals surface area (Å²) in [6.07, 6.45) is -5.49. The lowest BCUT2D eigenvalue weighted by atomic mass is 10.2. The van der Waals surface area contributed by atoms with Crippen LogP contribution in [0.1, 0.15) is 22.3 Å². The molecule has 0 bridgehead atoms. The van der Waals surface area contributed by atoms with Gasteiger partial charge in [0.15, 0.2) is 6.20 Å². The van der Waals surface area contributed by atoms with E-state index < -0.39 is 62.6 Å². The van der Waals surface area contributed by atoms with Gasteiger partial charge in [0, 0.05) is 24.2 Å². The van der Waals surface area contributed by atoms with Gasteiger partial charge in [-0.05, 0) is 18.2 Å². The molecule has 1 aromatic carbocycles. The van der Waals surface area contributed by atoms with Crippen LogP contribution in [-0.2, 0) is 25.0 Å². The number of hydrogen-bond acceptors (Lipinski definition) is 8. The van der Waals surface area contributed by atoms with Gasteiger partial charge < -0.3 is 14.4 Å². The summed E-state index contributed by atoms with van der Waals surface area (Å²) in [6, 6.07) is 3.90. The number of alkyl halides is 1. The topological polar surface area (TPSA) is 129 Å². The Morgan fingerprint density at radius 1 is 1.48 bits per heavy atom. The van der Waals surface area contributed by atoms with Crippen molar-refractivity contribution >= 4 is 7.82 Å². The highest BCUT2D eigenvalue weighted by molar-refractivity contribution is 7.49. The molecule has 4 rings (SSSR count). The molecule has 4 atom stereocenters. The van der Waals surface area contributed by atoms with Crippen LogP contribution in [0, 0.1) is 5.82 Å². The smallest absolute Gasteiger partial charge is 0.404 e. The van der Waals surface area contributed by atoms with Crippen molar-refractivity contribution in [1.82, 2.24) is 9.55 Å². The fourth-order valence-electron chi connectivity index (χ4n) is 2.69. The van der Waals surface area contributed by atoms with E-state index in [0.29, 0.717) is 4.57 Å². The van der Waals surface area contributed by atoms with Crippen molar-refractivity contribution in [2.75, 3.05) is 6.56 Å². The van der Waals surface area contributed by atoms with Crippen LogP contribution >= 0.6 is 7.82 Å². The lowest BCUT2D eigenvalue weighted by Crippen LogP contribution is -2.35. The Morgan fingerprint density at radius 2 is 2.28 bits per heavy atom. The Balaban J connectivity index is 1.61. The van der Waals surface area contributed by atoms with Crippen molar-refractivity contribution < 1.29 is 40.9 Å². The standard InChI is InChI=1S/C16H15F2N2O8P/c17-10-1-2-12-9(5-10)7-25-29(24,28-12)26-8-16(18)6-11(21)14(27-16)20-4-3-13(22)19-15(20)23/h1-5,11,14,21H,6-8H2,(H,19,22,23)/t11-,14-,16+,29?/m1/s1/i8D2,14D. The maximum atomic E-state index is 15.5. The first kappa shape index (κ1) is 16.4. The van der Waals surface area contributed by atoms with Gasteiger partial charge in [0.2, 0.25) is 5.85 Å². The molecule has 2 aliphatic heterocycles. The van der Waals surface area contributed by atoms with E-state index >= 15 is 4.39 Å². The predicted octanol–water partition coefficient (Wildman–Crippen LogP) is 1.36. The molecule has 1 aromatic heterocycles. The summed E-state index contributed by atoms with van der Waals surface area (Å²) in [5.41, 5.74) is -1.92. The minimum absolute atomic E-state index is 0.144. The summed E-state index contributed by atoms with van der Waals surface area (Å²) >= 11 is 0. The van der Waals surface area contributed by atoms with Crippen LogP contribution in [0.5, 0.6) is 5.75 Å². The molecular formula is C16H15F2N2O8P. The summed E-state index contributed by atoms with van der Waals surface area (Å²) in [5, 5.41) is 10.2. The average Bonchev–Trinajstić information content (AvgIpc) is 2.92. The zero-order chi connectivity index (χ0) is 23.5. The van der Waals surface area contributed by atoms with E-state index in [1.165, 1.54) is 0 Å². The van der Waals surface area contributed by atoms with E-state index in [0.717, 1.165) is 30.5 Å². The second-order valence-corrected chi connectivity index (χ2v) is 7.64. The van der Waals surface area contributed by atoms with E-state index in [1.54, 1.807) is 4.98 Å². The molecule has 1 saturated heterocycles. The molecule has 1 fully saturated rings. The van der Waals surface area contributed by atoms with Crippen molar-refractivity contribution in [1.29, 1.82) is 0 Å². The number of aliphatic hydroxyl groups excluding tert-OH is 1. The molecule has 13 heteroatoms. The number of aromatic nitrogens is 2. The van der Waals surface area contributed by atoms with Crippen LogP contribution in [0.3, 0.4) is 0 Å². The van der Waals surface area contributed by atoms with Crippen molar-refractivity contribution in [3.05, 3.63) is 62.7 Å². The molecule has 0 saturated carbocycles. The molecule has 0 radical (unpaired) electrons. The highest BCUT2D eigenvalue weighted by atomic mass is 31.2. The van der Waals surface area contributed by atoms with Gasteiger partial charge in [-0.1, -0.05) is 0 Å². The zero-order valence-electron chi connectivity index (χ0n) is 17.3. The number of phosphoric acid groups is 1. The van der Waals surface area contributed by atoms with Gasteiger partial charge in [-0.3, -0.25) is 23.4 Å². The average molecular weight is 435 g/mol. The monoisotopic (exact) mass is 435 g/mol. The molecule has 0 amide bonds. The molecule has 10 nitrogen and oxygen atoms in total. The summed E-state index contributed by atoms with van der Waals surface area (Å²) < 4.78 is 85.3. The Morgan fingerprint density at radius 3 is 3.03 bits per heavy atom. The number of fused-ring (bicyclic) bond motifs is 1. The third-order valence-electron chi connectivity index (χ3n) is 3.99. The molecule has 2 N–H and O–H groups in total. The second kappa shape index (κ2) is 7.15. The second-order valence-electron chi connectivity index (χ2n) is 6.13. The van der Waals surface area contributed by atoms with Crippen LogP contribution in [-0.4, -0.2) is 33.2 Å². The summed E-state index contributed by atoms with van der Waals surface area (Å²) in [7, 11) is -4.80. The Hall–Kier alpha value is -2.37. The Bertz CT molecular complexity index is 1240.